The third kappa shape index (κ3) is 3.63. The van der Waals surface area contributed by atoms with Crippen LogP contribution in [0.15, 0.2) is 47.5 Å². The van der Waals surface area contributed by atoms with Crippen LogP contribution in [0.25, 0.3) is 11.3 Å². The largest absolute Gasteiger partial charge is 0.316 e. The van der Waals surface area contributed by atoms with E-state index in [-0.39, 0.29) is 5.91 Å². The summed E-state index contributed by atoms with van der Waals surface area (Å²) in [6.45, 7) is 6.66. The van der Waals surface area contributed by atoms with Gasteiger partial charge in [0.25, 0.3) is 5.91 Å². The molecule has 26 heavy (non-hydrogen) atoms. The van der Waals surface area contributed by atoms with Gasteiger partial charge in [0.15, 0.2) is 4.80 Å². The lowest BCUT2D eigenvalue weighted by Gasteiger charge is -2.09. The van der Waals surface area contributed by atoms with Gasteiger partial charge in [0.2, 0.25) is 0 Å². The van der Waals surface area contributed by atoms with Gasteiger partial charge in [0, 0.05) is 22.5 Å². The highest BCUT2D eigenvalue weighted by molar-refractivity contribution is 7.09. The quantitative estimate of drug-likeness (QED) is 0.534. The van der Waals surface area contributed by atoms with Gasteiger partial charge in [0.05, 0.1) is 15.7 Å². The molecule has 1 heterocycles. The number of aromatic nitrogens is 1. The fourth-order valence-electron chi connectivity index (χ4n) is 2.87. The summed E-state index contributed by atoms with van der Waals surface area (Å²) in [5, 5.41) is 1.03. The maximum atomic E-state index is 12.6. The maximum absolute atomic E-state index is 12.6. The average molecular weight is 405 g/mol. The third-order valence-corrected chi connectivity index (χ3v) is 5.89. The molecule has 0 unspecified atom stereocenters. The summed E-state index contributed by atoms with van der Waals surface area (Å²) in [4.78, 5) is 18.8. The Morgan fingerprint density at radius 1 is 1.12 bits per heavy atom. The Kier molecular flexibility index (Phi) is 5.66. The standard InChI is InChI=1S/C20H18Cl2N2OS/c1-4-24-18(14-9-10-16(21)17(22)11-14)13(3)26-20(24)23-19(25)15-8-6-5-7-12(15)2/h5-11H,4H2,1-3H3. The van der Waals surface area contributed by atoms with Gasteiger partial charge >= 0.3 is 0 Å². The van der Waals surface area contributed by atoms with Crippen molar-refractivity contribution in [3.05, 3.63) is 73.3 Å². The van der Waals surface area contributed by atoms with Crippen molar-refractivity contribution in [1.82, 2.24) is 4.57 Å². The van der Waals surface area contributed by atoms with Gasteiger partial charge in [-0.25, -0.2) is 0 Å². The molecule has 0 aliphatic carbocycles. The molecular weight excluding hydrogens is 387 g/mol. The van der Waals surface area contributed by atoms with Gasteiger partial charge in [-0.05, 0) is 44.5 Å². The Morgan fingerprint density at radius 3 is 2.50 bits per heavy atom. The number of nitrogens with zero attached hydrogens (tertiary/aromatic N) is 2. The predicted molar refractivity (Wildman–Crippen MR) is 109 cm³/mol. The van der Waals surface area contributed by atoms with Gasteiger partial charge in [-0.1, -0.05) is 47.5 Å². The van der Waals surface area contributed by atoms with Gasteiger partial charge in [-0.3, -0.25) is 4.79 Å². The van der Waals surface area contributed by atoms with Crippen LogP contribution < -0.4 is 4.80 Å². The zero-order chi connectivity index (χ0) is 18.8. The number of carbonyl (C=O) groups is 1. The normalized spacial score (nSPS) is 11.8. The van der Waals surface area contributed by atoms with Crippen molar-refractivity contribution in [3.8, 4) is 11.3 Å². The number of halogens is 2. The summed E-state index contributed by atoms with van der Waals surface area (Å²) < 4.78 is 2.04. The maximum Gasteiger partial charge on any atom is 0.279 e. The number of hydrogen-bond acceptors (Lipinski definition) is 2. The topological polar surface area (TPSA) is 34.4 Å². The van der Waals surface area contributed by atoms with Crippen LogP contribution in [0.1, 0.15) is 27.7 Å². The Morgan fingerprint density at radius 2 is 1.85 bits per heavy atom. The Hall–Kier alpha value is -1.88. The number of carbonyl (C=O) groups excluding carboxylic acids is 1. The molecule has 0 N–H and O–H groups in total. The second-order valence-electron chi connectivity index (χ2n) is 5.89. The molecule has 0 atom stereocenters. The first-order valence-electron chi connectivity index (χ1n) is 8.22. The van der Waals surface area contributed by atoms with E-state index < -0.39 is 0 Å². The first kappa shape index (κ1) is 18.9. The second-order valence-corrected chi connectivity index (χ2v) is 7.89. The van der Waals surface area contributed by atoms with Crippen molar-refractivity contribution in [3.63, 3.8) is 0 Å². The van der Waals surface area contributed by atoms with Gasteiger partial charge in [0.1, 0.15) is 0 Å². The number of aryl methyl sites for hydroxylation is 2. The number of thiazole rings is 1. The number of hydrogen-bond donors (Lipinski definition) is 0. The molecule has 0 aliphatic rings. The van der Waals surface area contributed by atoms with E-state index in [2.05, 4.69) is 4.99 Å². The molecule has 134 valence electrons. The van der Waals surface area contributed by atoms with E-state index in [0.29, 0.717) is 27.0 Å². The summed E-state index contributed by atoms with van der Waals surface area (Å²) in [6, 6.07) is 13.0. The molecule has 3 aromatic rings. The smallest absolute Gasteiger partial charge is 0.279 e. The van der Waals surface area contributed by atoms with Gasteiger partial charge < -0.3 is 4.57 Å². The first-order chi connectivity index (χ1) is 12.4. The van der Waals surface area contributed by atoms with E-state index in [1.807, 2.05) is 55.7 Å². The fourth-order valence-corrected chi connectivity index (χ4v) is 4.22. The summed E-state index contributed by atoms with van der Waals surface area (Å²) >= 11 is 13.7. The minimum Gasteiger partial charge on any atom is -0.316 e. The van der Waals surface area contributed by atoms with Crippen LogP contribution in [0, 0.1) is 13.8 Å². The van der Waals surface area contributed by atoms with E-state index in [9.17, 15) is 4.79 Å². The van der Waals surface area contributed by atoms with Crippen LogP contribution in [0.4, 0.5) is 0 Å². The fraction of sp³-hybridized carbons (Fsp3) is 0.200. The van der Waals surface area contributed by atoms with Crippen LogP contribution in [0.2, 0.25) is 10.0 Å². The summed E-state index contributed by atoms with van der Waals surface area (Å²) in [5.41, 5.74) is 3.51. The van der Waals surface area contributed by atoms with Gasteiger partial charge in [-0.2, -0.15) is 4.99 Å². The SMILES string of the molecule is CCn1c(-c2ccc(Cl)c(Cl)c2)c(C)sc1=NC(=O)c1ccccc1C. The van der Waals surface area contributed by atoms with Crippen molar-refractivity contribution in [2.24, 2.45) is 4.99 Å². The Balaban J connectivity index is 2.14. The summed E-state index contributed by atoms with van der Waals surface area (Å²) in [5.74, 6) is -0.229. The van der Waals surface area contributed by atoms with E-state index >= 15 is 0 Å². The molecule has 0 saturated carbocycles. The number of benzene rings is 2. The molecule has 0 radical (unpaired) electrons. The first-order valence-corrected chi connectivity index (χ1v) is 9.80. The van der Waals surface area contributed by atoms with Crippen LogP contribution in [0.5, 0.6) is 0 Å². The Labute approximate surface area is 166 Å². The highest BCUT2D eigenvalue weighted by atomic mass is 35.5. The van der Waals surface area contributed by atoms with Crippen LogP contribution in [-0.2, 0) is 6.54 Å². The molecule has 0 bridgehead atoms. The third-order valence-electron chi connectivity index (χ3n) is 4.16. The minimum atomic E-state index is -0.229. The molecule has 1 amide bonds. The molecule has 6 heteroatoms. The molecule has 2 aromatic carbocycles. The zero-order valence-electron chi connectivity index (χ0n) is 14.7. The second kappa shape index (κ2) is 7.78. The average Bonchev–Trinajstić information content (AvgIpc) is 2.92. The molecule has 3 rings (SSSR count). The van der Waals surface area contributed by atoms with E-state index in [4.69, 9.17) is 23.2 Å². The molecule has 3 nitrogen and oxygen atoms in total. The molecule has 0 aliphatic heterocycles. The van der Waals surface area contributed by atoms with Crippen molar-refractivity contribution in [2.75, 3.05) is 0 Å². The highest BCUT2D eigenvalue weighted by Gasteiger charge is 2.15. The van der Waals surface area contributed by atoms with Crippen molar-refractivity contribution in [2.45, 2.75) is 27.3 Å². The minimum absolute atomic E-state index is 0.229. The molecule has 0 spiro atoms. The lowest BCUT2D eigenvalue weighted by atomic mass is 10.1. The number of amides is 1. The number of rotatable bonds is 3. The molecule has 0 fully saturated rings. The molecule has 1 aromatic heterocycles. The van der Waals surface area contributed by atoms with Gasteiger partial charge in [-0.15, -0.1) is 11.3 Å². The summed E-state index contributed by atoms with van der Waals surface area (Å²) in [6.07, 6.45) is 0. The van der Waals surface area contributed by atoms with Crippen LogP contribution in [-0.4, -0.2) is 10.5 Å². The molecular formula is C20H18Cl2N2OS. The van der Waals surface area contributed by atoms with E-state index in [1.165, 1.54) is 11.3 Å². The monoisotopic (exact) mass is 404 g/mol. The lowest BCUT2D eigenvalue weighted by molar-refractivity contribution is 0.0997. The van der Waals surface area contributed by atoms with Crippen molar-refractivity contribution in [1.29, 1.82) is 0 Å². The van der Waals surface area contributed by atoms with E-state index in [1.54, 1.807) is 12.1 Å². The Bertz CT molecular complexity index is 1050. The molecule has 0 saturated heterocycles. The van der Waals surface area contributed by atoms with Crippen LogP contribution >= 0.6 is 34.5 Å². The van der Waals surface area contributed by atoms with Crippen LogP contribution in [0.3, 0.4) is 0 Å². The van der Waals surface area contributed by atoms with Crippen molar-refractivity contribution >= 4 is 40.4 Å². The highest BCUT2D eigenvalue weighted by Crippen LogP contribution is 2.31. The van der Waals surface area contributed by atoms with Crippen molar-refractivity contribution < 1.29 is 4.79 Å². The summed E-state index contributed by atoms with van der Waals surface area (Å²) in [7, 11) is 0. The zero-order valence-corrected chi connectivity index (χ0v) is 17.0. The van der Waals surface area contributed by atoms with E-state index in [0.717, 1.165) is 21.7 Å². The lowest BCUT2D eigenvalue weighted by Crippen LogP contribution is -2.17. The predicted octanol–water partition coefficient (Wildman–Crippen LogP) is 5.90.